The zero-order chi connectivity index (χ0) is 13.7. The molecule has 0 aliphatic heterocycles. The number of hydrogen-bond acceptors (Lipinski definition) is 4. The van der Waals surface area contributed by atoms with E-state index >= 15 is 0 Å². The van der Waals surface area contributed by atoms with Gasteiger partial charge in [-0.15, -0.1) is 0 Å². The first-order chi connectivity index (χ1) is 9.24. The summed E-state index contributed by atoms with van der Waals surface area (Å²) < 4.78 is 0. The van der Waals surface area contributed by atoms with Crippen molar-refractivity contribution in [2.24, 2.45) is 5.92 Å². The highest BCUT2D eigenvalue weighted by atomic mass is 32.2. The molecule has 0 spiro atoms. The van der Waals surface area contributed by atoms with E-state index in [-0.39, 0.29) is 0 Å². The fraction of sp³-hybridized carbons (Fsp3) is 0.733. The first kappa shape index (κ1) is 14.8. The quantitative estimate of drug-likeness (QED) is 0.869. The Balaban J connectivity index is 2.08. The lowest BCUT2D eigenvalue weighted by atomic mass is 9.86. The molecule has 1 aromatic rings. The first-order valence-electron chi connectivity index (χ1n) is 7.38. The molecule has 4 heteroatoms. The zero-order valence-electron chi connectivity index (χ0n) is 12.3. The number of rotatable bonds is 6. The molecule has 1 unspecified atom stereocenters. The molecule has 1 heterocycles. The van der Waals surface area contributed by atoms with E-state index in [1.807, 2.05) is 11.8 Å². The van der Waals surface area contributed by atoms with Crippen LogP contribution in [0.5, 0.6) is 0 Å². The molecule has 0 fully saturated rings. The Kier molecular flexibility index (Phi) is 5.64. The molecule has 1 N–H and O–H groups in total. The number of aryl methyl sites for hydroxylation is 2. The maximum Gasteiger partial charge on any atom is 0.138 e. The van der Waals surface area contributed by atoms with Gasteiger partial charge in [0.25, 0.3) is 0 Å². The second kappa shape index (κ2) is 7.25. The van der Waals surface area contributed by atoms with Crippen LogP contribution in [0.25, 0.3) is 0 Å². The molecule has 1 aliphatic rings. The van der Waals surface area contributed by atoms with Crippen molar-refractivity contribution in [3.05, 3.63) is 22.8 Å². The third-order valence-corrected chi connectivity index (χ3v) is 4.62. The summed E-state index contributed by atoms with van der Waals surface area (Å²) in [7, 11) is 0. The number of fused-ring (bicyclic) bond motifs is 1. The van der Waals surface area contributed by atoms with Crippen LogP contribution in [0, 0.1) is 12.8 Å². The van der Waals surface area contributed by atoms with E-state index < -0.39 is 0 Å². The summed E-state index contributed by atoms with van der Waals surface area (Å²) in [5.74, 6) is 3.86. The smallest absolute Gasteiger partial charge is 0.138 e. The largest absolute Gasteiger partial charge is 0.317 e. The molecule has 0 bridgehead atoms. The molecular formula is C15H25N3S. The summed E-state index contributed by atoms with van der Waals surface area (Å²) in [5, 5.41) is 3.46. The van der Waals surface area contributed by atoms with Gasteiger partial charge in [0.15, 0.2) is 0 Å². The second-order valence-electron chi connectivity index (χ2n) is 5.20. The lowest BCUT2D eigenvalue weighted by molar-refractivity contribution is 0.422. The average Bonchev–Trinajstić information content (AvgIpc) is 2.43. The van der Waals surface area contributed by atoms with Gasteiger partial charge in [-0.2, -0.15) is 11.8 Å². The van der Waals surface area contributed by atoms with Crippen LogP contribution in [0.2, 0.25) is 0 Å². The van der Waals surface area contributed by atoms with Crippen molar-refractivity contribution in [1.82, 2.24) is 15.3 Å². The van der Waals surface area contributed by atoms with Gasteiger partial charge >= 0.3 is 0 Å². The van der Waals surface area contributed by atoms with Crippen LogP contribution in [0.1, 0.15) is 43.0 Å². The molecule has 1 aliphatic carbocycles. The molecule has 0 amide bonds. The molecule has 0 saturated carbocycles. The maximum atomic E-state index is 4.77. The molecule has 19 heavy (non-hydrogen) atoms. The minimum absolute atomic E-state index is 0.755. The van der Waals surface area contributed by atoms with Gasteiger partial charge in [0.2, 0.25) is 0 Å². The summed E-state index contributed by atoms with van der Waals surface area (Å²) in [6, 6.07) is 0. The number of nitrogens with zero attached hydrogens (tertiary/aromatic N) is 2. The minimum atomic E-state index is 0.755. The van der Waals surface area contributed by atoms with E-state index in [4.69, 9.17) is 4.98 Å². The number of thioether (sulfide) groups is 1. The van der Waals surface area contributed by atoms with Crippen molar-refractivity contribution >= 4 is 11.8 Å². The van der Waals surface area contributed by atoms with Gasteiger partial charge in [-0.05, 0) is 56.5 Å². The van der Waals surface area contributed by atoms with Crippen molar-refractivity contribution in [3.63, 3.8) is 0 Å². The van der Waals surface area contributed by atoms with Gasteiger partial charge in [-0.25, -0.2) is 9.97 Å². The Morgan fingerprint density at radius 1 is 1.32 bits per heavy atom. The van der Waals surface area contributed by atoms with E-state index in [9.17, 15) is 0 Å². The molecule has 0 radical (unpaired) electrons. The molecule has 0 saturated heterocycles. The van der Waals surface area contributed by atoms with Crippen LogP contribution in [0.15, 0.2) is 0 Å². The Morgan fingerprint density at radius 2 is 2.16 bits per heavy atom. The average molecular weight is 279 g/mol. The van der Waals surface area contributed by atoms with E-state index in [2.05, 4.69) is 31.1 Å². The third kappa shape index (κ3) is 3.93. The van der Waals surface area contributed by atoms with Crippen molar-refractivity contribution < 1.29 is 0 Å². The topological polar surface area (TPSA) is 37.8 Å². The van der Waals surface area contributed by atoms with Crippen molar-refractivity contribution in [2.75, 3.05) is 18.8 Å². The summed E-state index contributed by atoms with van der Waals surface area (Å²) in [6.45, 7) is 8.69. The van der Waals surface area contributed by atoms with Gasteiger partial charge in [0.05, 0.1) is 5.75 Å². The van der Waals surface area contributed by atoms with E-state index in [1.165, 1.54) is 23.4 Å². The van der Waals surface area contributed by atoms with Crippen LogP contribution in [0.4, 0.5) is 0 Å². The first-order valence-corrected chi connectivity index (χ1v) is 8.53. The van der Waals surface area contributed by atoms with Crippen molar-refractivity contribution in [1.29, 1.82) is 0 Å². The highest BCUT2D eigenvalue weighted by Gasteiger charge is 2.22. The van der Waals surface area contributed by atoms with Gasteiger partial charge in [0, 0.05) is 11.4 Å². The predicted molar refractivity (Wildman–Crippen MR) is 82.7 cm³/mol. The molecular weight excluding hydrogens is 254 g/mol. The summed E-state index contributed by atoms with van der Waals surface area (Å²) in [6.07, 6.45) is 3.53. The van der Waals surface area contributed by atoms with E-state index in [0.717, 1.165) is 49.2 Å². The Hall–Kier alpha value is -0.610. The van der Waals surface area contributed by atoms with Crippen LogP contribution >= 0.6 is 11.8 Å². The molecule has 2 rings (SSSR count). The standard InChI is InChI=1S/C15H25N3S/c1-4-16-9-12-6-7-14-13(8-12)11(3)17-15(18-14)10-19-5-2/h12,16H,4-10H2,1-3H3. The summed E-state index contributed by atoms with van der Waals surface area (Å²) in [5.41, 5.74) is 3.93. The van der Waals surface area contributed by atoms with E-state index in [1.54, 1.807) is 0 Å². The SMILES string of the molecule is CCNCC1CCc2nc(CSCC)nc(C)c2C1. The molecule has 1 atom stereocenters. The zero-order valence-corrected chi connectivity index (χ0v) is 13.1. The molecule has 1 aromatic heterocycles. The van der Waals surface area contributed by atoms with Gasteiger partial charge in [0.1, 0.15) is 5.82 Å². The third-order valence-electron chi connectivity index (χ3n) is 3.75. The van der Waals surface area contributed by atoms with Crippen LogP contribution in [0.3, 0.4) is 0 Å². The van der Waals surface area contributed by atoms with E-state index in [0.29, 0.717) is 0 Å². The highest BCUT2D eigenvalue weighted by molar-refractivity contribution is 7.98. The second-order valence-corrected chi connectivity index (χ2v) is 6.48. The minimum Gasteiger partial charge on any atom is -0.317 e. The van der Waals surface area contributed by atoms with Gasteiger partial charge < -0.3 is 5.32 Å². The summed E-state index contributed by atoms with van der Waals surface area (Å²) in [4.78, 5) is 9.46. The Morgan fingerprint density at radius 3 is 2.89 bits per heavy atom. The number of nitrogens with one attached hydrogen (secondary N) is 1. The Labute approximate surface area is 121 Å². The van der Waals surface area contributed by atoms with Crippen molar-refractivity contribution in [2.45, 2.75) is 45.8 Å². The molecule has 3 nitrogen and oxygen atoms in total. The monoisotopic (exact) mass is 279 g/mol. The highest BCUT2D eigenvalue weighted by Crippen LogP contribution is 2.26. The fourth-order valence-electron chi connectivity index (χ4n) is 2.70. The summed E-state index contributed by atoms with van der Waals surface area (Å²) >= 11 is 1.90. The lowest BCUT2D eigenvalue weighted by Crippen LogP contribution is -2.28. The number of aromatic nitrogens is 2. The van der Waals surface area contributed by atoms with Crippen LogP contribution < -0.4 is 5.32 Å². The van der Waals surface area contributed by atoms with Gasteiger partial charge in [-0.3, -0.25) is 0 Å². The lowest BCUT2D eigenvalue weighted by Gasteiger charge is -2.25. The fourth-order valence-corrected chi connectivity index (χ4v) is 3.22. The van der Waals surface area contributed by atoms with Gasteiger partial charge in [-0.1, -0.05) is 13.8 Å². The Bertz CT molecular complexity index is 420. The predicted octanol–water partition coefficient (Wildman–Crippen LogP) is 2.75. The molecule has 106 valence electrons. The maximum absolute atomic E-state index is 4.77. The van der Waals surface area contributed by atoms with Crippen molar-refractivity contribution in [3.8, 4) is 0 Å². The normalized spacial score (nSPS) is 18.4. The van der Waals surface area contributed by atoms with Crippen LogP contribution in [-0.2, 0) is 18.6 Å². The molecule has 0 aromatic carbocycles. The number of hydrogen-bond donors (Lipinski definition) is 1. The van der Waals surface area contributed by atoms with Crippen LogP contribution in [-0.4, -0.2) is 28.8 Å².